The van der Waals surface area contributed by atoms with Crippen LogP contribution in [0, 0.1) is 10.5 Å². The van der Waals surface area contributed by atoms with Gasteiger partial charge in [0.15, 0.2) is 0 Å². The van der Waals surface area contributed by atoms with Gasteiger partial charge in [-0.3, -0.25) is 4.99 Å². The number of hydrogen-bond donors (Lipinski definition) is 0. The van der Waals surface area contributed by atoms with Gasteiger partial charge in [-0.15, -0.1) is 0 Å². The second-order valence-electron chi connectivity index (χ2n) is 4.87. The molecular formula is C18H18INO3. The lowest BCUT2D eigenvalue weighted by atomic mass is 10.1. The van der Waals surface area contributed by atoms with Crippen molar-refractivity contribution in [1.82, 2.24) is 0 Å². The SMILES string of the molecule is CCOc1ccc(C=Nc2cc(C(=O)OC)ccc2C)cc1I. The van der Waals surface area contributed by atoms with Gasteiger partial charge < -0.3 is 9.47 Å². The molecule has 0 aliphatic rings. The molecule has 23 heavy (non-hydrogen) atoms. The van der Waals surface area contributed by atoms with Crippen LogP contribution < -0.4 is 4.74 Å². The smallest absolute Gasteiger partial charge is 0.337 e. The van der Waals surface area contributed by atoms with Crippen molar-refractivity contribution in [3.8, 4) is 5.75 Å². The Kier molecular flexibility index (Phi) is 6.15. The van der Waals surface area contributed by atoms with Crippen molar-refractivity contribution in [2.75, 3.05) is 13.7 Å². The maximum Gasteiger partial charge on any atom is 0.337 e. The van der Waals surface area contributed by atoms with E-state index >= 15 is 0 Å². The summed E-state index contributed by atoms with van der Waals surface area (Å²) in [6, 6.07) is 11.2. The van der Waals surface area contributed by atoms with E-state index in [1.165, 1.54) is 7.11 Å². The zero-order chi connectivity index (χ0) is 16.8. The number of aryl methyl sites for hydroxylation is 1. The highest BCUT2D eigenvalue weighted by atomic mass is 127. The lowest BCUT2D eigenvalue weighted by Crippen LogP contribution is -2.00. The second kappa shape index (κ2) is 8.10. The fourth-order valence-corrected chi connectivity index (χ4v) is 2.70. The van der Waals surface area contributed by atoms with E-state index in [9.17, 15) is 4.79 Å². The molecule has 0 heterocycles. The molecule has 0 aliphatic carbocycles. The monoisotopic (exact) mass is 423 g/mol. The van der Waals surface area contributed by atoms with Gasteiger partial charge in [0.2, 0.25) is 0 Å². The summed E-state index contributed by atoms with van der Waals surface area (Å²) >= 11 is 2.24. The standard InChI is InChI=1S/C18H18INO3/c1-4-23-17-8-6-13(9-15(17)19)11-20-16-10-14(18(21)22-3)7-5-12(16)2/h5-11H,4H2,1-3H3. The predicted molar refractivity (Wildman–Crippen MR) is 100 cm³/mol. The summed E-state index contributed by atoms with van der Waals surface area (Å²) < 4.78 is 11.3. The third-order valence-electron chi connectivity index (χ3n) is 3.24. The molecule has 0 saturated carbocycles. The first-order valence-electron chi connectivity index (χ1n) is 7.20. The van der Waals surface area contributed by atoms with Crippen molar-refractivity contribution < 1.29 is 14.3 Å². The number of ether oxygens (including phenoxy) is 2. The van der Waals surface area contributed by atoms with Crippen molar-refractivity contribution in [2.24, 2.45) is 4.99 Å². The van der Waals surface area contributed by atoms with E-state index in [0.29, 0.717) is 12.2 Å². The molecule has 0 N–H and O–H groups in total. The van der Waals surface area contributed by atoms with Gasteiger partial charge in [0.1, 0.15) is 5.75 Å². The van der Waals surface area contributed by atoms with E-state index in [-0.39, 0.29) is 5.97 Å². The maximum atomic E-state index is 11.6. The van der Waals surface area contributed by atoms with Gasteiger partial charge in [-0.1, -0.05) is 6.07 Å². The van der Waals surface area contributed by atoms with Gasteiger partial charge in [0.25, 0.3) is 0 Å². The van der Waals surface area contributed by atoms with E-state index in [0.717, 1.165) is 26.1 Å². The Morgan fingerprint density at radius 2 is 2.04 bits per heavy atom. The summed E-state index contributed by atoms with van der Waals surface area (Å²) in [7, 11) is 1.37. The average molecular weight is 423 g/mol. The highest BCUT2D eigenvalue weighted by Gasteiger charge is 2.07. The number of rotatable bonds is 5. The molecule has 0 atom stereocenters. The molecule has 2 rings (SSSR count). The molecule has 0 spiro atoms. The number of nitrogens with zero attached hydrogens (tertiary/aromatic N) is 1. The minimum Gasteiger partial charge on any atom is -0.493 e. The van der Waals surface area contributed by atoms with Crippen LogP contribution in [0.2, 0.25) is 0 Å². The van der Waals surface area contributed by atoms with Crippen molar-refractivity contribution in [2.45, 2.75) is 13.8 Å². The zero-order valence-corrected chi connectivity index (χ0v) is 15.5. The number of halogens is 1. The van der Waals surface area contributed by atoms with Crippen LogP contribution in [0.25, 0.3) is 0 Å². The minimum atomic E-state index is -0.364. The van der Waals surface area contributed by atoms with E-state index < -0.39 is 0 Å². The van der Waals surface area contributed by atoms with Crippen LogP contribution in [-0.4, -0.2) is 25.9 Å². The molecule has 0 aromatic heterocycles. The molecule has 0 bridgehead atoms. The fourth-order valence-electron chi connectivity index (χ4n) is 2.01. The quantitative estimate of drug-likeness (QED) is 0.403. The average Bonchev–Trinajstić information content (AvgIpc) is 2.55. The molecule has 0 amide bonds. The lowest BCUT2D eigenvalue weighted by Gasteiger charge is -2.06. The van der Waals surface area contributed by atoms with Crippen LogP contribution in [0.4, 0.5) is 5.69 Å². The molecule has 4 nitrogen and oxygen atoms in total. The third-order valence-corrected chi connectivity index (χ3v) is 4.08. The molecule has 0 unspecified atom stereocenters. The Bertz CT molecular complexity index is 741. The first-order chi connectivity index (χ1) is 11.0. The summed E-state index contributed by atoms with van der Waals surface area (Å²) in [5.74, 6) is 0.506. The van der Waals surface area contributed by atoms with Gasteiger partial charge in [-0.25, -0.2) is 4.79 Å². The van der Waals surface area contributed by atoms with E-state index in [4.69, 9.17) is 9.47 Å². The van der Waals surface area contributed by atoms with Crippen LogP contribution in [0.1, 0.15) is 28.4 Å². The van der Waals surface area contributed by atoms with E-state index in [2.05, 4.69) is 27.6 Å². The topological polar surface area (TPSA) is 47.9 Å². The summed E-state index contributed by atoms with van der Waals surface area (Å²) in [6.45, 7) is 4.56. The number of methoxy groups -OCH3 is 1. The van der Waals surface area contributed by atoms with Gasteiger partial charge in [0, 0.05) is 6.21 Å². The minimum absolute atomic E-state index is 0.364. The zero-order valence-electron chi connectivity index (χ0n) is 13.3. The molecule has 5 heteroatoms. The van der Waals surface area contributed by atoms with Gasteiger partial charge in [-0.05, 0) is 77.9 Å². The number of aliphatic imine (C=N–C) groups is 1. The molecule has 0 saturated heterocycles. The van der Waals surface area contributed by atoms with Crippen molar-refractivity contribution >= 4 is 40.5 Å². The van der Waals surface area contributed by atoms with Crippen LogP contribution >= 0.6 is 22.6 Å². The molecule has 120 valence electrons. The van der Waals surface area contributed by atoms with Crippen LogP contribution in [0.15, 0.2) is 41.4 Å². The van der Waals surface area contributed by atoms with Crippen LogP contribution in [0.5, 0.6) is 5.75 Å². The van der Waals surface area contributed by atoms with E-state index in [1.807, 2.05) is 38.1 Å². The number of carbonyl (C=O) groups excluding carboxylic acids is 1. The molecule has 0 radical (unpaired) electrons. The first kappa shape index (κ1) is 17.5. The Morgan fingerprint density at radius 1 is 1.26 bits per heavy atom. The number of hydrogen-bond acceptors (Lipinski definition) is 4. The van der Waals surface area contributed by atoms with Crippen LogP contribution in [0.3, 0.4) is 0 Å². The third kappa shape index (κ3) is 4.54. The van der Waals surface area contributed by atoms with Gasteiger partial charge in [-0.2, -0.15) is 0 Å². The highest BCUT2D eigenvalue weighted by molar-refractivity contribution is 14.1. The Labute approximate surface area is 149 Å². The van der Waals surface area contributed by atoms with Gasteiger partial charge >= 0.3 is 5.97 Å². The molecule has 2 aromatic rings. The first-order valence-corrected chi connectivity index (χ1v) is 8.28. The summed E-state index contributed by atoms with van der Waals surface area (Å²) in [5, 5.41) is 0. The normalized spacial score (nSPS) is 10.8. The molecule has 2 aromatic carbocycles. The number of carbonyl (C=O) groups is 1. The largest absolute Gasteiger partial charge is 0.493 e. The predicted octanol–water partition coefficient (Wildman–Crippen LogP) is 4.54. The Balaban J connectivity index is 2.26. The summed E-state index contributed by atoms with van der Waals surface area (Å²) in [4.78, 5) is 16.1. The molecule has 0 aliphatic heterocycles. The fraction of sp³-hybridized carbons (Fsp3) is 0.222. The second-order valence-corrected chi connectivity index (χ2v) is 6.04. The Hall–Kier alpha value is -1.89. The number of benzene rings is 2. The highest BCUT2D eigenvalue weighted by Crippen LogP contribution is 2.23. The van der Waals surface area contributed by atoms with E-state index in [1.54, 1.807) is 18.3 Å². The number of esters is 1. The molecular weight excluding hydrogens is 405 g/mol. The Morgan fingerprint density at radius 3 is 2.70 bits per heavy atom. The lowest BCUT2D eigenvalue weighted by molar-refractivity contribution is 0.0601. The van der Waals surface area contributed by atoms with Crippen molar-refractivity contribution in [1.29, 1.82) is 0 Å². The summed E-state index contributed by atoms with van der Waals surface area (Å²) in [6.07, 6.45) is 1.78. The van der Waals surface area contributed by atoms with Gasteiger partial charge in [0.05, 0.1) is 28.5 Å². The summed E-state index contributed by atoms with van der Waals surface area (Å²) in [5.41, 5.74) is 3.21. The van der Waals surface area contributed by atoms with Crippen LogP contribution in [-0.2, 0) is 4.74 Å². The van der Waals surface area contributed by atoms with Crippen molar-refractivity contribution in [3.63, 3.8) is 0 Å². The van der Waals surface area contributed by atoms with Crippen molar-refractivity contribution in [3.05, 3.63) is 56.7 Å². The molecule has 0 fully saturated rings. The maximum absolute atomic E-state index is 11.6.